The highest BCUT2D eigenvalue weighted by Crippen LogP contribution is 2.15. The largest absolute Gasteiger partial charge is 0.330 e. The molecule has 2 N–H and O–H groups in total. The third-order valence-electron chi connectivity index (χ3n) is 3.47. The highest BCUT2D eigenvalue weighted by atomic mass is 15.2. The molecule has 1 aliphatic rings. The first-order valence-electron chi connectivity index (χ1n) is 5.94. The fraction of sp³-hybridized carbons (Fsp3) is 0.833. The van der Waals surface area contributed by atoms with Gasteiger partial charge in [0, 0.05) is 31.7 Å². The van der Waals surface area contributed by atoms with Crippen molar-refractivity contribution in [2.24, 2.45) is 5.73 Å². The van der Waals surface area contributed by atoms with Crippen molar-refractivity contribution in [2.45, 2.75) is 31.8 Å². The Morgan fingerprint density at radius 3 is 2.87 bits per heavy atom. The zero-order valence-corrected chi connectivity index (χ0v) is 10.2. The van der Waals surface area contributed by atoms with Crippen molar-refractivity contribution in [3.63, 3.8) is 0 Å². The molecule has 2 atom stereocenters. The smallest absolute Gasteiger partial charge is 0.0238 e. The summed E-state index contributed by atoms with van der Waals surface area (Å²) in [5.74, 6) is 0. The summed E-state index contributed by atoms with van der Waals surface area (Å²) in [5.41, 5.74) is 5.68. The quantitative estimate of drug-likeness (QED) is 0.702. The van der Waals surface area contributed by atoms with Crippen LogP contribution in [0.25, 0.3) is 0 Å². The van der Waals surface area contributed by atoms with Crippen LogP contribution in [0.3, 0.4) is 0 Å². The fourth-order valence-electron chi connectivity index (χ4n) is 2.26. The van der Waals surface area contributed by atoms with Gasteiger partial charge < -0.3 is 10.6 Å². The number of nitrogens with zero attached hydrogens (tertiary/aromatic N) is 2. The lowest BCUT2D eigenvalue weighted by atomic mass is 10.1. The van der Waals surface area contributed by atoms with Gasteiger partial charge in [0.1, 0.15) is 0 Å². The van der Waals surface area contributed by atoms with Gasteiger partial charge in [-0.3, -0.25) is 4.90 Å². The molecule has 0 saturated carbocycles. The highest BCUT2D eigenvalue weighted by molar-refractivity contribution is 4.86. The van der Waals surface area contributed by atoms with Crippen molar-refractivity contribution in [1.82, 2.24) is 9.80 Å². The molecule has 88 valence electrons. The maximum atomic E-state index is 5.68. The first-order chi connectivity index (χ1) is 7.19. The molecule has 0 aromatic carbocycles. The summed E-state index contributed by atoms with van der Waals surface area (Å²) in [5, 5.41) is 0. The van der Waals surface area contributed by atoms with E-state index >= 15 is 0 Å². The van der Waals surface area contributed by atoms with Gasteiger partial charge in [0.15, 0.2) is 0 Å². The number of rotatable bonds is 4. The van der Waals surface area contributed by atoms with Gasteiger partial charge in [0.25, 0.3) is 0 Å². The molecule has 1 saturated heterocycles. The van der Waals surface area contributed by atoms with Gasteiger partial charge in [0.2, 0.25) is 0 Å². The number of likely N-dealkylation sites (N-methyl/N-ethyl adjacent to an activating group) is 1. The molecule has 0 bridgehead atoms. The third-order valence-corrected chi connectivity index (χ3v) is 3.47. The predicted molar refractivity (Wildman–Crippen MR) is 65.9 cm³/mol. The van der Waals surface area contributed by atoms with Crippen LogP contribution in [0.5, 0.6) is 0 Å². The van der Waals surface area contributed by atoms with Crippen LogP contribution in [0.4, 0.5) is 0 Å². The minimum absolute atomic E-state index is 0.600. The minimum Gasteiger partial charge on any atom is -0.330 e. The van der Waals surface area contributed by atoms with Crippen LogP contribution in [0.2, 0.25) is 0 Å². The average Bonchev–Trinajstić information content (AvgIpc) is 2.33. The van der Waals surface area contributed by atoms with E-state index in [0.717, 1.165) is 26.1 Å². The molecule has 1 rings (SSSR count). The molecule has 0 amide bonds. The summed E-state index contributed by atoms with van der Waals surface area (Å²) in [6, 6.07) is 1.28. The zero-order chi connectivity index (χ0) is 11.3. The van der Waals surface area contributed by atoms with Crippen molar-refractivity contribution in [1.29, 1.82) is 0 Å². The molecule has 0 spiro atoms. The van der Waals surface area contributed by atoms with Crippen LogP contribution in [0.15, 0.2) is 12.7 Å². The minimum atomic E-state index is 0.600. The lowest BCUT2D eigenvalue weighted by Gasteiger charge is -2.30. The summed E-state index contributed by atoms with van der Waals surface area (Å²) in [6.07, 6.45) is 4.33. The van der Waals surface area contributed by atoms with Crippen molar-refractivity contribution in [3.8, 4) is 0 Å². The van der Waals surface area contributed by atoms with Crippen LogP contribution in [-0.2, 0) is 0 Å². The van der Waals surface area contributed by atoms with Crippen molar-refractivity contribution in [2.75, 3.05) is 33.2 Å². The molecule has 1 aliphatic heterocycles. The SMILES string of the molecule is C=CCN1CCC(C)N(C)CC1CCN. The van der Waals surface area contributed by atoms with E-state index in [0.29, 0.717) is 12.1 Å². The van der Waals surface area contributed by atoms with Gasteiger partial charge in [-0.1, -0.05) is 6.08 Å². The fourth-order valence-corrected chi connectivity index (χ4v) is 2.26. The lowest BCUT2D eigenvalue weighted by Crippen LogP contribution is -2.42. The van der Waals surface area contributed by atoms with Crippen LogP contribution < -0.4 is 5.73 Å². The number of hydrogen-bond donors (Lipinski definition) is 1. The molecule has 0 aliphatic carbocycles. The highest BCUT2D eigenvalue weighted by Gasteiger charge is 2.24. The number of nitrogens with two attached hydrogens (primary N) is 1. The molecule has 15 heavy (non-hydrogen) atoms. The van der Waals surface area contributed by atoms with E-state index in [2.05, 4.69) is 30.4 Å². The Kier molecular flexibility index (Phi) is 5.29. The van der Waals surface area contributed by atoms with E-state index < -0.39 is 0 Å². The normalized spacial score (nSPS) is 30.1. The average molecular weight is 211 g/mol. The van der Waals surface area contributed by atoms with Crippen LogP contribution in [0.1, 0.15) is 19.8 Å². The van der Waals surface area contributed by atoms with E-state index in [-0.39, 0.29) is 0 Å². The maximum Gasteiger partial charge on any atom is 0.0238 e. The van der Waals surface area contributed by atoms with Gasteiger partial charge in [0.05, 0.1) is 0 Å². The van der Waals surface area contributed by atoms with Crippen LogP contribution in [-0.4, -0.2) is 55.1 Å². The van der Waals surface area contributed by atoms with E-state index in [1.165, 1.54) is 13.0 Å². The second-order valence-corrected chi connectivity index (χ2v) is 4.59. The molecular formula is C12H25N3. The summed E-state index contributed by atoms with van der Waals surface area (Å²) >= 11 is 0. The standard InChI is InChI=1S/C12H25N3/c1-4-8-15-9-6-11(2)14(3)10-12(15)5-7-13/h4,11-12H,1,5-10,13H2,2-3H3. The van der Waals surface area contributed by atoms with Gasteiger partial charge >= 0.3 is 0 Å². The monoisotopic (exact) mass is 211 g/mol. The zero-order valence-electron chi connectivity index (χ0n) is 10.2. The molecule has 3 heteroatoms. The van der Waals surface area contributed by atoms with Crippen LogP contribution >= 0.6 is 0 Å². The predicted octanol–water partition coefficient (Wildman–Crippen LogP) is 0.916. The Labute approximate surface area is 93.9 Å². The summed E-state index contributed by atoms with van der Waals surface area (Å²) in [4.78, 5) is 4.96. The van der Waals surface area contributed by atoms with Gasteiger partial charge in [-0.15, -0.1) is 6.58 Å². The van der Waals surface area contributed by atoms with Gasteiger partial charge in [-0.2, -0.15) is 0 Å². The summed E-state index contributed by atoms with van der Waals surface area (Å²) < 4.78 is 0. The molecule has 2 unspecified atom stereocenters. The Balaban J connectivity index is 2.62. The van der Waals surface area contributed by atoms with E-state index in [9.17, 15) is 0 Å². The van der Waals surface area contributed by atoms with E-state index in [4.69, 9.17) is 5.73 Å². The Bertz CT molecular complexity index is 193. The second-order valence-electron chi connectivity index (χ2n) is 4.59. The number of hydrogen-bond acceptors (Lipinski definition) is 3. The van der Waals surface area contributed by atoms with Crippen molar-refractivity contribution in [3.05, 3.63) is 12.7 Å². The molecule has 0 radical (unpaired) electrons. The van der Waals surface area contributed by atoms with E-state index in [1.807, 2.05) is 6.08 Å². The molecule has 0 aromatic heterocycles. The molecule has 1 fully saturated rings. The molecule has 0 aromatic rings. The van der Waals surface area contributed by atoms with Crippen molar-refractivity contribution < 1.29 is 0 Å². The molecule has 3 nitrogen and oxygen atoms in total. The third kappa shape index (κ3) is 3.59. The van der Waals surface area contributed by atoms with Gasteiger partial charge in [-0.05, 0) is 33.4 Å². The summed E-state index contributed by atoms with van der Waals surface area (Å²) in [7, 11) is 2.21. The molecule has 1 heterocycles. The lowest BCUT2D eigenvalue weighted by molar-refractivity contribution is 0.189. The Hall–Kier alpha value is -0.380. The molecular weight excluding hydrogens is 186 g/mol. The summed E-state index contributed by atoms with van der Waals surface area (Å²) in [6.45, 7) is 10.2. The topological polar surface area (TPSA) is 32.5 Å². The van der Waals surface area contributed by atoms with E-state index in [1.54, 1.807) is 0 Å². The Morgan fingerprint density at radius 2 is 2.27 bits per heavy atom. The Morgan fingerprint density at radius 1 is 1.53 bits per heavy atom. The van der Waals surface area contributed by atoms with Gasteiger partial charge in [-0.25, -0.2) is 0 Å². The first kappa shape index (κ1) is 12.7. The van der Waals surface area contributed by atoms with Crippen LogP contribution in [0, 0.1) is 0 Å². The maximum absolute atomic E-state index is 5.68. The van der Waals surface area contributed by atoms with Crippen molar-refractivity contribution >= 4 is 0 Å². The second kappa shape index (κ2) is 6.26. The first-order valence-corrected chi connectivity index (χ1v) is 5.94.